The number of aryl methyl sites for hydroxylation is 2. The van der Waals surface area contributed by atoms with Gasteiger partial charge in [0.1, 0.15) is 5.82 Å². The van der Waals surface area contributed by atoms with E-state index in [4.69, 9.17) is 11.2 Å². The van der Waals surface area contributed by atoms with Gasteiger partial charge in [-0.05, 0) is 25.5 Å². The summed E-state index contributed by atoms with van der Waals surface area (Å²) in [5.74, 6) is 2.34. The minimum Gasteiger partial charge on any atom is -0.465 e. The van der Waals surface area contributed by atoms with Crippen molar-refractivity contribution in [3.05, 3.63) is 22.9 Å². The molecule has 0 fully saturated rings. The van der Waals surface area contributed by atoms with Gasteiger partial charge in [-0.1, -0.05) is 0 Å². The molecule has 1 aromatic heterocycles. The Morgan fingerprint density at radius 3 is 2.58 bits per heavy atom. The highest BCUT2D eigenvalue weighted by Crippen LogP contribution is 2.37. The number of nitrogens with zero attached hydrogens (tertiary/aromatic N) is 3. The summed E-state index contributed by atoms with van der Waals surface area (Å²) >= 11 is 0. The van der Waals surface area contributed by atoms with Crippen molar-refractivity contribution in [1.82, 2.24) is 4.98 Å². The smallest absolute Gasteiger partial charge is 0.339 e. The number of amides is 1. The SMILES string of the molecule is C#CCCC1(CCC(=O)Nc2cc(C)c(C(=O)OC)c(C)n2)N=N1. The Morgan fingerprint density at radius 1 is 1.33 bits per heavy atom. The Labute approximate surface area is 140 Å². The van der Waals surface area contributed by atoms with Crippen LogP contribution >= 0.6 is 0 Å². The summed E-state index contributed by atoms with van der Waals surface area (Å²) in [6.07, 6.45) is 7.29. The van der Waals surface area contributed by atoms with Gasteiger partial charge in [-0.15, -0.1) is 12.3 Å². The van der Waals surface area contributed by atoms with Gasteiger partial charge in [0.15, 0.2) is 5.66 Å². The molecule has 1 aromatic rings. The van der Waals surface area contributed by atoms with Crippen LogP contribution in [0, 0.1) is 26.2 Å². The second-order valence-electron chi connectivity index (χ2n) is 5.71. The predicted molar refractivity (Wildman–Crippen MR) is 88.6 cm³/mol. The van der Waals surface area contributed by atoms with Gasteiger partial charge in [-0.2, -0.15) is 10.2 Å². The number of terminal acetylenes is 1. The molecule has 0 saturated carbocycles. The van der Waals surface area contributed by atoms with Crippen LogP contribution in [0.5, 0.6) is 0 Å². The van der Waals surface area contributed by atoms with Crippen molar-refractivity contribution >= 4 is 17.7 Å². The number of hydrogen-bond acceptors (Lipinski definition) is 6. The molecule has 24 heavy (non-hydrogen) atoms. The van der Waals surface area contributed by atoms with Gasteiger partial charge >= 0.3 is 5.97 Å². The molecule has 0 saturated heterocycles. The van der Waals surface area contributed by atoms with Gasteiger partial charge < -0.3 is 10.1 Å². The highest BCUT2D eigenvalue weighted by atomic mass is 16.5. The highest BCUT2D eigenvalue weighted by molar-refractivity contribution is 5.94. The zero-order valence-electron chi connectivity index (χ0n) is 14.0. The molecular formula is C17H20N4O3. The lowest BCUT2D eigenvalue weighted by atomic mass is 10.0. The Balaban J connectivity index is 1.95. The molecule has 0 bridgehead atoms. The maximum atomic E-state index is 12.1. The Morgan fingerprint density at radius 2 is 2.04 bits per heavy atom. The van der Waals surface area contributed by atoms with E-state index in [9.17, 15) is 9.59 Å². The lowest BCUT2D eigenvalue weighted by Crippen LogP contribution is -2.19. The van der Waals surface area contributed by atoms with Crippen LogP contribution in [0.15, 0.2) is 16.3 Å². The second-order valence-corrected chi connectivity index (χ2v) is 5.71. The van der Waals surface area contributed by atoms with Crippen LogP contribution in [0.3, 0.4) is 0 Å². The van der Waals surface area contributed by atoms with Gasteiger partial charge in [0.05, 0.1) is 18.4 Å². The molecule has 2 rings (SSSR count). The molecular weight excluding hydrogens is 308 g/mol. The topological polar surface area (TPSA) is 93.0 Å². The molecule has 1 N–H and O–H groups in total. The van der Waals surface area contributed by atoms with E-state index in [1.54, 1.807) is 19.9 Å². The van der Waals surface area contributed by atoms with Crippen LogP contribution in [0.25, 0.3) is 0 Å². The minimum atomic E-state index is -0.474. The van der Waals surface area contributed by atoms with Gasteiger partial charge in [0, 0.05) is 25.7 Å². The molecule has 7 nitrogen and oxygen atoms in total. The van der Waals surface area contributed by atoms with Gasteiger partial charge in [0.2, 0.25) is 5.91 Å². The maximum absolute atomic E-state index is 12.1. The first kappa shape index (κ1) is 17.6. The lowest BCUT2D eigenvalue weighted by Gasteiger charge is -2.12. The van der Waals surface area contributed by atoms with E-state index < -0.39 is 11.6 Å². The number of nitrogens with one attached hydrogen (secondary N) is 1. The zero-order valence-corrected chi connectivity index (χ0v) is 14.0. The number of aromatic nitrogens is 1. The number of carbonyl (C=O) groups is 2. The predicted octanol–water partition coefficient (Wildman–Crippen LogP) is 2.78. The summed E-state index contributed by atoms with van der Waals surface area (Å²) in [6, 6.07) is 1.65. The van der Waals surface area contributed by atoms with Gasteiger partial charge in [-0.25, -0.2) is 9.78 Å². The van der Waals surface area contributed by atoms with Crippen LogP contribution in [0.1, 0.15) is 47.3 Å². The quantitative estimate of drug-likeness (QED) is 0.615. The van der Waals surface area contributed by atoms with Crippen LogP contribution in [-0.2, 0) is 9.53 Å². The monoisotopic (exact) mass is 328 g/mol. The fraction of sp³-hybridized carbons (Fsp3) is 0.471. The molecule has 0 atom stereocenters. The third kappa shape index (κ3) is 4.16. The van der Waals surface area contributed by atoms with Crippen molar-refractivity contribution in [2.45, 2.75) is 45.2 Å². The summed E-state index contributed by atoms with van der Waals surface area (Å²) in [7, 11) is 1.32. The number of anilines is 1. The second kappa shape index (κ2) is 7.21. The van der Waals surface area contributed by atoms with E-state index in [0.29, 0.717) is 41.9 Å². The summed E-state index contributed by atoms with van der Waals surface area (Å²) in [6.45, 7) is 3.47. The van der Waals surface area contributed by atoms with E-state index >= 15 is 0 Å². The van der Waals surface area contributed by atoms with Crippen LogP contribution in [-0.4, -0.2) is 29.6 Å². The van der Waals surface area contributed by atoms with Crippen LogP contribution in [0.2, 0.25) is 0 Å². The normalized spacial score (nSPS) is 13.9. The third-order valence-electron chi connectivity index (χ3n) is 3.86. The van der Waals surface area contributed by atoms with Crippen molar-refractivity contribution in [2.75, 3.05) is 12.4 Å². The van der Waals surface area contributed by atoms with E-state index in [-0.39, 0.29) is 12.3 Å². The average Bonchev–Trinajstić information content (AvgIpc) is 3.30. The number of rotatable bonds is 7. The summed E-state index contributed by atoms with van der Waals surface area (Å²) in [5.41, 5.74) is 1.15. The number of carbonyl (C=O) groups excluding carboxylic acids is 2. The summed E-state index contributed by atoms with van der Waals surface area (Å²) in [5, 5.41) is 10.7. The maximum Gasteiger partial charge on any atom is 0.339 e. The molecule has 2 heterocycles. The van der Waals surface area contributed by atoms with E-state index in [1.807, 2.05) is 0 Å². The first-order valence-corrected chi connectivity index (χ1v) is 7.65. The first-order valence-electron chi connectivity index (χ1n) is 7.65. The van der Waals surface area contributed by atoms with Crippen molar-refractivity contribution in [3.8, 4) is 12.3 Å². The molecule has 0 unspecified atom stereocenters. The van der Waals surface area contributed by atoms with E-state index in [1.165, 1.54) is 7.11 Å². The molecule has 126 valence electrons. The van der Waals surface area contributed by atoms with E-state index in [2.05, 4.69) is 26.4 Å². The van der Waals surface area contributed by atoms with Crippen LogP contribution < -0.4 is 5.32 Å². The molecule has 1 amide bonds. The molecule has 0 radical (unpaired) electrons. The molecule has 7 heteroatoms. The van der Waals surface area contributed by atoms with Crippen molar-refractivity contribution < 1.29 is 14.3 Å². The minimum absolute atomic E-state index is 0.176. The third-order valence-corrected chi connectivity index (χ3v) is 3.86. The zero-order chi connectivity index (χ0) is 17.7. The molecule has 0 aliphatic carbocycles. The highest BCUT2D eigenvalue weighted by Gasteiger charge is 2.39. The molecule has 0 spiro atoms. The van der Waals surface area contributed by atoms with Gasteiger partial charge in [-0.3, -0.25) is 4.79 Å². The van der Waals surface area contributed by atoms with Gasteiger partial charge in [0.25, 0.3) is 0 Å². The van der Waals surface area contributed by atoms with Crippen molar-refractivity contribution in [2.24, 2.45) is 10.2 Å². The lowest BCUT2D eigenvalue weighted by molar-refractivity contribution is -0.116. The number of hydrogen-bond donors (Lipinski definition) is 1. The fourth-order valence-electron chi connectivity index (χ4n) is 2.49. The Hall–Kier alpha value is -2.75. The fourth-order valence-corrected chi connectivity index (χ4v) is 2.49. The first-order chi connectivity index (χ1) is 11.4. The Bertz CT molecular complexity index is 705. The number of pyridine rings is 1. The standard InChI is InChI=1S/C17H20N4O3/c1-5-6-8-17(20-21-17)9-7-14(22)19-13-10-11(2)15(12(3)18-13)16(23)24-4/h1,10H,6-9H2,2-4H3,(H,18,19,22). The van der Waals surface area contributed by atoms with Crippen LogP contribution in [0.4, 0.5) is 5.82 Å². The largest absolute Gasteiger partial charge is 0.465 e. The van der Waals surface area contributed by atoms with Crippen molar-refractivity contribution in [1.29, 1.82) is 0 Å². The molecule has 1 aliphatic rings. The number of methoxy groups -OCH3 is 1. The van der Waals surface area contributed by atoms with E-state index in [0.717, 1.165) is 0 Å². The molecule has 1 aliphatic heterocycles. The number of ether oxygens (including phenoxy) is 1. The average molecular weight is 328 g/mol. The summed E-state index contributed by atoms with van der Waals surface area (Å²) in [4.78, 5) is 28.0. The number of esters is 1. The molecule has 0 aromatic carbocycles. The Kier molecular flexibility index (Phi) is 5.29. The van der Waals surface area contributed by atoms with Crippen molar-refractivity contribution in [3.63, 3.8) is 0 Å². The summed E-state index contributed by atoms with van der Waals surface area (Å²) < 4.78 is 4.73.